The third-order valence-electron chi connectivity index (χ3n) is 3.95. The maximum absolute atomic E-state index is 11.4. The van der Waals surface area contributed by atoms with Gasteiger partial charge in [0.25, 0.3) is 5.69 Å². The zero-order chi connectivity index (χ0) is 18.1. The van der Waals surface area contributed by atoms with E-state index < -0.39 is 4.92 Å². The number of nitrogens with one attached hydrogen (secondary N) is 1. The maximum Gasteiger partial charge on any atom is 0.280 e. The number of ether oxygens (including phenoxy) is 2. The predicted molar refractivity (Wildman–Crippen MR) is 93.7 cm³/mol. The summed E-state index contributed by atoms with van der Waals surface area (Å²) in [5, 5.41) is 21.0. The van der Waals surface area contributed by atoms with E-state index in [0.29, 0.717) is 36.1 Å². The largest absolute Gasteiger partial charge is 0.486 e. The fraction of sp³-hybridized carbons (Fsp3) is 0.111. The smallest absolute Gasteiger partial charge is 0.280 e. The number of nitro benzene ring substituents is 1. The number of aromatic nitrogens is 2. The monoisotopic (exact) mass is 348 g/mol. The number of hydrogen-bond donors (Lipinski definition) is 1. The lowest BCUT2D eigenvalue weighted by Gasteiger charge is -2.18. The minimum Gasteiger partial charge on any atom is -0.486 e. The van der Waals surface area contributed by atoms with Gasteiger partial charge in [-0.3, -0.25) is 10.1 Å². The summed E-state index contributed by atoms with van der Waals surface area (Å²) in [6.45, 7) is 0.699. The fourth-order valence-electron chi connectivity index (χ4n) is 2.76. The van der Waals surface area contributed by atoms with Crippen LogP contribution in [-0.4, -0.2) is 28.1 Å². The molecule has 128 valence electrons. The summed E-state index contributed by atoms with van der Waals surface area (Å²) in [5.41, 5.74) is 1.75. The van der Waals surface area contributed by atoms with Gasteiger partial charge in [0.15, 0.2) is 11.5 Å². The lowest BCUT2D eigenvalue weighted by Crippen LogP contribution is -2.15. The number of nitro groups is 1. The Hall–Kier alpha value is -3.86. The van der Waals surface area contributed by atoms with Crippen LogP contribution >= 0.6 is 0 Å². The number of benzene rings is 2. The summed E-state index contributed by atoms with van der Waals surface area (Å²) in [7, 11) is 0. The van der Waals surface area contributed by atoms with E-state index in [2.05, 4.69) is 9.97 Å². The van der Waals surface area contributed by atoms with Crippen LogP contribution in [0.25, 0.3) is 22.7 Å². The van der Waals surface area contributed by atoms with E-state index in [1.165, 1.54) is 18.2 Å². The van der Waals surface area contributed by atoms with Crippen molar-refractivity contribution in [2.75, 3.05) is 13.2 Å². The van der Waals surface area contributed by atoms with Gasteiger partial charge < -0.3 is 14.5 Å². The number of imidazole rings is 1. The Bertz CT molecular complexity index is 1060. The molecule has 0 radical (unpaired) electrons. The van der Waals surface area contributed by atoms with Gasteiger partial charge in [0, 0.05) is 0 Å². The Morgan fingerprint density at radius 2 is 2.00 bits per heavy atom. The molecule has 2 aromatic carbocycles. The van der Waals surface area contributed by atoms with Crippen LogP contribution in [0.4, 0.5) is 5.69 Å². The first-order chi connectivity index (χ1) is 12.7. The maximum atomic E-state index is 11.4. The minimum atomic E-state index is -0.516. The highest BCUT2D eigenvalue weighted by atomic mass is 16.6. The molecule has 0 spiro atoms. The summed E-state index contributed by atoms with van der Waals surface area (Å²) in [5.74, 6) is 1.08. The number of nitriles is 1. The van der Waals surface area contributed by atoms with Crippen molar-refractivity contribution < 1.29 is 14.4 Å². The molecule has 2 heterocycles. The molecule has 8 nitrogen and oxygen atoms in total. The molecular weight excluding hydrogens is 336 g/mol. The number of allylic oxidation sites excluding steroid dienone is 1. The SMILES string of the molecule is N#C/C(=C\c1cc2c(cc1[N+](=O)[O-])OCCO2)c1nc2ccccc2[nH]1. The Kier molecular flexibility index (Phi) is 3.74. The molecule has 0 saturated heterocycles. The van der Waals surface area contributed by atoms with Gasteiger partial charge in [-0.05, 0) is 24.3 Å². The van der Waals surface area contributed by atoms with Crippen LogP contribution in [0.2, 0.25) is 0 Å². The molecule has 8 heteroatoms. The van der Waals surface area contributed by atoms with Crippen LogP contribution in [-0.2, 0) is 0 Å². The first-order valence-corrected chi connectivity index (χ1v) is 7.80. The number of hydrogen-bond acceptors (Lipinski definition) is 6. The lowest BCUT2D eigenvalue weighted by molar-refractivity contribution is -0.385. The zero-order valence-corrected chi connectivity index (χ0v) is 13.4. The number of aromatic amines is 1. The molecule has 0 saturated carbocycles. The molecule has 1 aromatic heterocycles. The van der Waals surface area contributed by atoms with Crippen molar-refractivity contribution in [3.8, 4) is 17.6 Å². The fourth-order valence-corrected chi connectivity index (χ4v) is 2.76. The number of fused-ring (bicyclic) bond motifs is 2. The van der Waals surface area contributed by atoms with Crippen LogP contribution in [0.5, 0.6) is 11.5 Å². The van der Waals surface area contributed by atoms with E-state index in [1.807, 2.05) is 30.3 Å². The van der Waals surface area contributed by atoms with Gasteiger partial charge in [-0.1, -0.05) is 12.1 Å². The van der Waals surface area contributed by atoms with Gasteiger partial charge in [0.2, 0.25) is 0 Å². The summed E-state index contributed by atoms with van der Waals surface area (Å²) >= 11 is 0. The van der Waals surface area contributed by atoms with E-state index >= 15 is 0 Å². The van der Waals surface area contributed by atoms with Gasteiger partial charge >= 0.3 is 0 Å². The van der Waals surface area contributed by atoms with Crippen LogP contribution in [0.3, 0.4) is 0 Å². The molecule has 3 aromatic rings. The molecule has 1 aliphatic rings. The summed E-state index contributed by atoms with van der Waals surface area (Å²) in [6, 6.07) is 12.2. The normalized spacial score (nSPS) is 13.4. The van der Waals surface area contributed by atoms with E-state index in [1.54, 1.807) is 0 Å². The van der Waals surface area contributed by atoms with Crippen molar-refractivity contribution in [3.05, 3.63) is 57.9 Å². The topological polar surface area (TPSA) is 114 Å². The van der Waals surface area contributed by atoms with E-state index in [0.717, 1.165) is 5.52 Å². The second-order valence-corrected chi connectivity index (χ2v) is 5.58. The Labute approximate surface area is 147 Å². The average molecular weight is 348 g/mol. The zero-order valence-electron chi connectivity index (χ0n) is 13.4. The Morgan fingerprint density at radius 3 is 2.69 bits per heavy atom. The van der Waals surface area contributed by atoms with Crippen molar-refractivity contribution in [1.29, 1.82) is 5.26 Å². The average Bonchev–Trinajstić information content (AvgIpc) is 3.09. The van der Waals surface area contributed by atoms with Crippen LogP contribution < -0.4 is 9.47 Å². The van der Waals surface area contributed by atoms with Gasteiger partial charge in [-0.25, -0.2) is 4.98 Å². The highest BCUT2D eigenvalue weighted by Crippen LogP contribution is 2.38. The van der Waals surface area contributed by atoms with Crippen molar-refractivity contribution in [2.24, 2.45) is 0 Å². The Morgan fingerprint density at radius 1 is 1.27 bits per heavy atom. The van der Waals surface area contributed by atoms with Crippen LogP contribution in [0, 0.1) is 21.4 Å². The minimum absolute atomic E-state index is 0.168. The summed E-state index contributed by atoms with van der Waals surface area (Å²) in [4.78, 5) is 18.3. The van der Waals surface area contributed by atoms with Gasteiger partial charge in [0.05, 0.1) is 33.2 Å². The van der Waals surface area contributed by atoms with E-state index in [-0.39, 0.29) is 16.8 Å². The molecule has 0 aliphatic carbocycles. The molecule has 1 N–H and O–H groups in total. The number of nitrogens with zero attached hydrogens (tertiary/aromatic N) is 3. The highest BCUT2D eigenvalue weighted by molar-refractivity contribution is 5.92. The number of H-pyrrole nitrogens is 1. The molecular formula is C18H12N4O4. The molecule has 0 amide bonds. The number of para-hydroxylation sites is 2. The molecule has 0 unspecified atom stereocenters. The molecule has 4 rings (SSSR count). The van der Waals surface area contributed by atoms with Gasteiger partial charge in [-0.15, -0.1) is 0 Å². The lowest BCUT2D eigenvalue weighted by atomic mass is 10.1. The molecule has 0 atom stereocenters. The summed E-state index contributed by atoms with van der Waals surface area (Å²) < 4.78 is 10.9. The van der Waals surface area contributed by atoms with Crippen molar-refractivity contribution in [1.82, 2.24) is 9.97 Å². The van der Waals surface area contributed by atoms with Gasteiger partial charge in [0.1, 0.15) is 25.1 Å². The second-order valence-electron chi connectivity index (χ2n) is 5.58. The van der Waals surface area contributed by atoms with Crippen molar-refractivity contribution >= 4 is 28.4 Å². The second kappa shape index (κ2) is 6.22. The molecule has 1 aliphatic heterocycles. The first kappa shape index (κ1) is 15.7. The molecule has 0 fully saturated rings. The highest BCUT2D eigenvalue weighted by Gasteiger charge is 2.22. The van der Waals surface area contributed by atoms with Crippen LogP contribution in [0.1, 0.15) is 11.4 Å². The van der Waals surface area contributed by atoms with Gasteiger partial charge in [-0.2, -0.15) is 5.26 Å². The van der Waals surface area contributed by atoms with Crippen molar-refractivity contribution in [2.45, 2.75) is 0 Å². The Balaban J connectivity index is 1.84. The standard InChI is InChI=1S/C18H12N4O4/c19-10-12(18-20-13-3-1-2-4-14(13)21-18)7-11-8-16-17(26-6-5-25-16)9-15(11)22(23)24/h1-4,7-9H,5-6H2,(H,20,21)/b12-7+. The predicted octanol–water partition coefficient (Wildman–Crippen LogP) is 3.31. The molecule has 26 heavy (non-hydrogen) atoms. The molecule has 0 bridgehead atoms. The third kappa shape index (κ3) is 2.71. The van der Waals surface area contributed by atoms with Crippen LogP contribution in [0.15, 0.2) is 36.4 Å². The van der Waals surface area contributed by atoms with E-state index in [9.17, 15) is 15.4 Å². The van der Waals surface area contributed by atoms with Crippen molar-refractivity contribution in [3.63, 3.8) is 0 Å². The quantitative estimate of drug-likeness (QED) is 0.441. The third-order valence-corrected chi connectivity index (χ3v) is 3.95. The first-order valence-electron chi connectivity index (χ1n) is 7.80. The summed E-state index contributed by atoms with van der Waals surface area (Å²) in [6.07, 6.45) is 1.42. The number of rotatable bonds is 3. The van der Waals surface area contributed by atoms with E-state index in [4.69, 9.17) is 9.47 Å².